The first-order chi connectivity index (χ1) is 13.7. The van der Waals surface area contributed by atoms with Gasteiger partial charge in [-0.25, -0.2) is 4.79 Å². The molecule has 0 bridgehead atoms. The highest BCUT2D eigenvalue weighted by molar-refractivity contribution is 5.95. The Morgan fingerprint density at radius 3 is 2.36 bits per heavy atom. The molecule has 28 heavy (non-hydrogen) atoms. The van der Waals surface area contributed by atoms with Crippen molar-refractivity contribution in [2.24, 2.45) is 0 Å². The Morgan fingerprint density at radius 1 is 0.964 bits per heavy atom. The number of nitrogens with one attached hydrogen (secondary N) is 2. The zero-order chi connectivity index (χ0) is 19.8. The maximum Gasteiger partial charge on any atom is 0.317 e. The maximum atomic E-state index is 12.3. The molecule has 0 unspecified atom stereocenters. The quantitative estimate of drug-likeness (QED) is 0.803. The second kappa shape index (κ2) is 9.75. The van der Waals surface area contributed by atoms with E-state index in [9.17, 15) is 9.59 Å². The number of piperazine rings is 1. The van der Waals surface area contributed by atoms with Crippen LogP contribution in [-0.2, 0) is 11.3 Å². The van der Waals surface area contributed by atoms with Crippen molar-refractivity contribution >= 4 is 17.6 Å². The summed E-state index contributed by atoms with van der Waals surface area (Å²) in [5.41, 5.74) is 1.85. The molecule has 3 amide bonds. The molecule has 1 saturated heterocycles. The number of benzene rings is 2. The predicted octanol–water partition coefficient (Wildman–Crippen LogP) is 2.16. The van der Waals surface area contributed by atoms with E-state index in [1.807, 2.05) is 30.3 Å². The van der Waals surface area contributed by atoms with Gasteiger partial charge in [-0.15, -0.1) is 0 Å². The van der Waals surface area contributed by atoms with Crippen LogP contribution in [0.25, 0.3) is 0 Å². The van der Waals surface area contributed by atoms with Gasteiger partial charge in [0, 0.05) is 32.7 Å². The highest BCUT2D eigenvalue weighted by Crippen LogP contribution is 2.22. The predicted molar refractivity (Wildman–Crippen MR) is 108 cm³/mol. The summed E-state index contributed by atoms with van der Waals surface area (Å²) in [5.74, 6) is 0.289. The Kier molecular flexibility index (Phi) is 6.86. The van der Waals surface area contributed by atoms with Crippen LogP contribution in [0.1, 0.15) is 5.56 Å². The average Bonchev–Trinajstić information content (AvgIpc) is 2.74. The lowest BCUT2D eigenvalue weighted by molar-refractivity contribution is -0.115. The SMILES string of the molecule is COc1ccccc1NC(=O)CNC(=O)N1CCN(Cc2ccccc2)CC1. The topological polar surface area (TPSA) is 73.9 Å². The van der Waals surface area contributed by atoms with E-state index < -0.39 is 0 Å². The molecule has 0 spiro atoms. The van der Waals surface area contributed by atoms with Crippen molar-refractivity contribution in [3.05, 3.63) is 60.2 Å². The van der Waals surface area contributed by atoms with Gasteiger partial charge < -0.3 is 20.3 Å². The minimum Gasteiger partial charge on any atom is -0.495 e. The molecule has 2 aromatic carbocycles. The van der Waals surface area contributed by atoms with E-state index in [0.717, 1.165) is 19.6 Å². The van der Waals surface area contributed by atoms with Crippen LogP contribution in [0.3, 0.4) is 0 Å². The number of carbonyl (C=O) groups excluding carboxylic acids is 2. The van der Waals surface area contributed by atoms with Gasteiger partial charge in [0.2, 0.25) is 5.91 Å². The maximum absolute atomic E-state index is 12.3. The van der Waals surface area contributed by atoms with E-state index in [-0.39, 0.29) is 18.5 Å². The summed E-state index contributed by atoms with van der Waals surface area (Å²) in [6, 6.07) is 17.3. The van der Waals surface area contributed by atoms with Crippen molar-refractivity contribution in [3.63, 3.8) is 0 Å². The third-order valence-electron chi connectivity index (χ3n) is 4.69. The van der Waals surface area contributed by atoms with E-state index in [1.165, 1.54) is 5.56 Å². The normalized spacial score (nSPS) is 14.4. The van der Waals surface area contributed by atoms with Crippen molar-refractivity contribution in [1.29, 1.82) is 0 Å². The van der Waals surface area contributed by atoms with Crippen LogP contribution in [0.15, 0.2) is 54.6 Å². The molecule has 1 aliphatic heterocycles. The zero-order valence-electron chi connectivity index (χ0n) is 16.1. The number of carbonyl (C=O) groups is 2. The molecule has 1 aliphatic rings. The number of anilines is 1. The molecule has 7 nitrogen and oxygen atoms in total. The van der Waals surface area contributed by atoms with Crippen molar-refractivity contribution in [3.8, 4) is 5.75 Å². The molecule has 7 heteroatoms. The van der Waals surface area contributed by atoms with Crippen LogP contribution < -0.4 is 15.4 Å². The lowest BCUT2D eigenvalue weighted by Crippen LogP contribution is -2.52. The molecule has 1 fully saturated rings. The lowest BCUT2D eigenvalue weighted by atomic mass is 10.2. The number of amides is 3. The first kappa shape index (κ1) is 19.7. The Bertz CT molecular complexity index is 789. The van der Waals surface area contributed by atoms with Gasteiger partial charge in [0.05, 0.1) is 19.3 Å². The van der Waals surface area contributed by atoms with Crippen LogP contribution in [0.2, 0.25) is 0 Å². The first-order valence-corrected chi connectivity index (χ1v) is 9.37. The molecule has 0 aliphatic carbocycles. The Balaban J connectivity index is 1.40. The summed E-state index contributed by atoms with van der Waals surface area (Å²) in [7, 11) is 1.55. The summed E-state index contributed by atoms with van der Waals surface area (Å²) in [5, 5.41) is 5.44. The summed E-state index contributed by atoms with van der Waals surface area (Å²) in [6.45, 7) is 3.73. The number of hydrogen-bond donors (Lipinski definition) is 2. The molecular formula is C21H26N4O3. The van der Waals surface area contributed by atoms with Crippen molar-refractivity contribution in [2.45, 2.75) is 6.54 Å². The fraction of sp³-hybridized carbons (Fsp3) is 0.333. The summed E-state index contributed by atoms with van der Waals surface area (Å²) < 4.78 is 5.20. The third kappa shape index (κ3) is 5.47. The number of methoxy groups -OCH3 is 1. The summed E-state index contributed by atoms with van der Waals surface area (Å²) >= 11 is 0. The number of nitrogens with zero attached hydrogens (tertiary/aromatic N) is 2. The van der Waals surface area contributed by atoms with Crippen molar-refractivity contribution in [1.82, 2.24) is 15.1 Å². The van der Waals surface area contributed by atoms with Gasteiger partial charge in [-0.2, -0.15) is 0 Å². The molecule has 0 radical (unpaired) electrons. The van der Waals surface area contributed by atoms with Crippen molar-refractivity contribution in [2.75, 3.05) is 45.2 Å². The lowest BCUT2D eigenvalue weighted by Gasteiger charge is -2.34. The number of rotatable bonds is 6. The van der Waals surface area contributed by atoms with Crippen LogP contribution in [0.4, 0.5) is 10.5 Å². The number of para-hydroxylation sites is 2. The fourth-order valence-corrected chi connectivity index (χ4v) is 3.16. The van der Waals surface area contributed by atoms with E-state index in [4.69, 9.17) is 4.74 Å². The molecule has 148 valence electrons. The number of ether oxygens (including phenoxy) is 1. The Labute approximate surface area is 165 Å². The molecule has 0 aromatic heterocycles. The van der Waals surface area contributed by atoms with Crippen LogP contribution >= 0.6 is 0 Å². The van der Waals surface area contributed by atoms with Crippen LogP contribution in [0.5, 0.6) is 5.75 Å². The fourth-order valence-electron chi connectivity index (χ4n) is 3.16. The summed E-state index contributed by atoms with van der Waals surface area (Å²) in [4.78, 5) is 28.5. The highest BCUT2D eigenvalue weighted by Gasteiger charge is 2.21. The Hall–Kier alpha value is -3.06. The second-order valence-corrected chi connectivity index (χ2v) is 6.66. The van der Waals surface area contributed by atoms with Gasteiger partial charge in [-0.1, -0.05) is 42.5 Å². The third-order valence-corrected chi connectivity index (χ3v) is 4.69. The first-order valence-electron chi connectivity index (χ1n) is 9.37. The molecule has 0 atom stereocenters. The Morgan fingerprint density at radius 2 is 1.64 bits per heavy atom. The van der Waals surface area contributed by atoms with Gasteiger partial charge in [0.25, 0.3) is 0 Å². The van der Waals surface area contributed by atoms with Crippen molar-refractivity contribution < 1.29 is 14.3 Å². The molecule has 2 aromatic rings. The molecule has 1 heterocycles. The second-order valence-electron chi connectivity index (χ2n) is 6.66. The highest BCUT2D eigenvalue weighted by atomic mass is 16.5. The molecular weight excluding hydrogens is 356 g/mol. The molecule has 3 rings (SSSR count). The van der Waals surface area contributed by atoms with E-state index in [2.05, 4.69) is 27.7 Å². The van der Waals surface area contributed by atoms with Crippen LogP contribution in [-0.4, -0.2) is 61.6 Å². The smallest absolute Gasteiger partial charge is 0.317 e. The standard InChI is InChI=1S/C21H26N4O3/c1-28-19-10-6-5-9-18(19)23-20(26)15-22-21(27)25-13-11-24(12-14-25)16-17-7-3-2-4-8-17/h2-10H,11-16H2,1H3,(H,22,27)(H,23,26). The minimum atomic E-state index is -0.291. The van der Waals surface area contributed by atoms with E-state index >= 15 is 0 Å². The van der Waals surface area contributed by atoms with E-state index in [1.54, 1.807) is 24.1 Å². The average molecular weight is 382 g/mol. The van der Waals surface area contributed by atoms with Gasteiger partial charge in [-0.05, 0) is 17.7 Å². The minimum absolute atomic E-state index is 0.0822. The summed E-state index contributed by atoms with van der Waals surface area (Å²) in [6.07, 6.45) is 0. The van der Waals surface area contributed by atoms with Gasteiger partial charge in [-0.3, -0.25) is 9.69 Å². The van der Waals surface area contributed by atoms with Gasteiger partial charge >= 0.3 is 6.03 Å². The largest absolute Gasteiger partial charge is 0.495 e. The molecule has 0 saturated carbocycles. The number of hydrogen-bond acceptors (Lipinski definition) is 4. The van der Waals surface area contributed by atoms with E-state index in [0.29, 0.717) is 24.5 Å². The van der Waals surface area contributed by atoms with Gasteiger partial charge in [0.15, 0.2) is 0 Å². The van der Waals surface area contributed by atoms with Gasteiger partial charge in [0.1, 0.15) is 5.75 Å². The zero-order valence-corrected chi connectivity index (χ0v) is 16.1. The van der Waals surface area contributed by atoms with Crippen LogP contribution in [0, 0.1) is 0 Å². The monoisotopic (exact) mass is 382 g/mol. The molecule has 2 N–H and O–H groups in total. The number of urea groups is 1.